The van der Waals surface area contributed by atoms with E-state index in [0.29, 0.717) is 13.2 Å². The van der Waals surface area contributed by atoms with Crippen LogP contribution in [0, 0.1) is 6.92 Å². The Hall–Kier alpha value is -2.20. The third-order valence-electron chi connectivity index (χ3n) is 3.63. The maximum Gasteiger partial charge on any atom is 0.127 e. The molecule has 4 nitrogen and oxygen atoms in total. The molecule has 3 rings (SSSR count). The third kappa shape index (κ3) is 2.81. The van der Waals surface area contributed by atoms with E-state index in [4.69, 9.17) is 19.9 Å². The first-order chi connectivity index (χ1) is 10.2. The van der Waals surface area contributed by atoms with E-state index in [1.165, 1.54) is 5.56 Å². The first-order valence-corrected chi connectivity index (χ1v) is 6.96. The number of ether oxygens (including phenoxy) is 3. The highest BCUT2D eigenvalue weighted by Crippen LogP contribution is 2.34. The zero-order chi connectivity index (χ0) is 14.8. The van der Waals surface area contributed by atoms with Gasteiger partial charge in [-0.15, -0.1) is 0 Å². The maximum atomic E-state index is 5.93. The van der Waals surface area contributed by atoms with Crippen LogP contribution in [0.15, 0.2) is 36.4 Å². The van der Waals surface area contributed by atoms with Crippen LogP contribution in [0.25, 0.3) is 0 Å². The Bertz CT molecular complexity index is 654. The number of aryl methyl sites for hydroxylation is 1. The van der Waals surface area contributed by atoms with Crippen LogP contribution in [0.2, 0.25) is 0 Å². The smallest absolute Gasteiger partial charge is 0.127 e. The minimum Gasteiger partial charge on any atom is -0.496 e. The van der Waals surface area contributed by atoms with Gasteiger partial charge >= 0.3 is 0 Å². The van der Waals surface area contributed by atoms with E-state index >= 15 is 0 Å². The van der Waals surface area contributed by atoms with Gasteiger partial charge in [0.05, 0.1) is 13.2 Å². The van der Waals surface area contributed by atoms with Gasteiger partial charge in [0.25, 0.3) is 0 Å². The van der Waals surface area contributed by atoms with Crippen LogP contribution in [0.4, 0.5) is 0 Å². The lowest BCUT2D eigenvalue weighted by atomic mass is 10.1. The van der Waals surface area contributed by atoms with Gasteiger partial charge in [-0.25, -0.2) is 0 Å². The van der Waals surface area contributed by atoms with Crippen LogP contribution < -0.4 is 19.9 Å². The average Bonchev–Trinajstić information content (AvgIpc) is 2.86. The van der Waals surface area contributed by atoms with Crippen LogP contribution in [-0.2, 0) is 6.61 Å². The molecule has 1 aliphatic rings. The quantitative estimate of drug-likeness (QED) is 0.938. The normalized spacial score (nSPS) is 16.2. The molecule has 21 heavy (non-hydrogen) atoms. The van der Waals surface area contributed by atoms with Crippen LogP contribution >= 0.6 is 0 Å². The molecule has 2 N–H and O–H groups in total. The van der Waals surface area contributed by atoms with E-state index in [9.17, 15) is 0 Å². The highest BCUT2D eigenvalue weighted by molar-refractivity contribution is 5.45. The molecule has 0 saturated heterocycles. The lowest BCUT2D eigenvalue weighted by Gasteiger charge is -2.12. The van der Waals surface area contributed by atoms with E-state index in [1.807, 2.05) is 37.3 Å². The van der Waals surface area contributed by atoms with E-state index < -0.39 is 0 Å². The second-order valence-corrected chi connectivity index (χ2v) is 5.22. The van der Waals surface area contributed by atoms with Crippen molar-refractivity contribution in [3.05, 3.63) is 53.1 Å². The average molecular weight is 285 g/mol. The van der Waals surface area contributed by atoms with E-state index in [1.54, 1.807) is 7.11 Å². The predicted molar refractivity (Wildman–Crippen MR) is 80.9 cm³/mol. The Kier molecular flexibility index (Phi) is 3.71. The first kappa shape index (κ1) is 13.8. The summed E-state index contributed by atoms with van der Waals surface area (Å²) in [5.41, 5.74) is 9.17. The molecule has 0 bridgehead atoms. The summed E-state index contributed by atoms with van der Waals surface area (Å²) in [6, 6.07) is 11.8. The van der Waals surface area contributed by atoms with Crippen molar-refractivity contribution < 1.29 is 14.2 Å². The molecular formula is C17H19NO3. The number of fused-ring (bicyclic) bond motifs is 1. The number of methoxy groups -OCH3 is 1. The van der Waals surface area contributed by atoms with Crippen LogP contribution in [-0.4, -0.2) is 13.7 Å². The fourth-order valence-corrected chi connectivity index (χ4v) is 2.49. The molecule has 0 aliphatic carbocycles. The van der Waals surface area contributed by atoms with E-state index in [0.717, 1.165) is 28.4 Å². The minimum absolute atomic E-state index is 0.0362. The number of rotatable bonds is 4. The second kappa shape index (κ2) is 5.66. The van der Waals surface area contributed by atoms with Gasteiger partial charge in [0.2, 0.25) is 0 Å². The molecule has 1 atom stereocenters. The Balaban J connectivity index is 1.75. The molecule has 2 aromatic rings. The van der Waals surface area contributed by atoms with Crippen molar-refractivity contribution in [3.63, 3.8) is 0 Å². The van der Waals surface area contributed by atoms with Crippen molar-refractivity contribution in [2.75, 3.05) is 13.7 Å². The Morgan fingerprint density at radius 1 is 1.24 bits per heavy atom. The van der Waals surface area contributed by atoms with Crippen LogP contribution in [0.1, 0.15) is 22.7 Å². The van der Waals surface area contributed by atoms with Gasteiger partial charge in [-0.3, -0.25) is 0 Å². The second-order valence-electron chi connectivity index (χ2n) is 5.22. The van der Waals surface area contributed by atoms with Gasteiger partial charge in [-0.1, -0.05) is 11.6 Å². The van der Waals surface area contributed by atoms with Crippen molar-refractivity contribution in [3.8, 4) is 17.2 Å². The molecule has 1 aliphatic heterocycles. The predicted octanol–water partition coefficient (Wildman–Crippen LogP) is 2.97. The zero-order valence-electron chi connectivity index (χ0n) is 12.3. The molecule has 4 heteroatoms. The zero-order valence-corrected chi connectivity index (χ0v) is 12.3. The summed E-state index contributed by atoms with van der Waals surface area (Å²) in [6.07, 6.45) is 0. The minimum atomic E-state index is -0.0362. The summed E-state index contributed by atoms with van der Waals surface area (Å²) in [5, 5.41) is 0. The summed E-state index contributed by atoms with van der Waals surface area (Å²) in [4.78, 5) is 0. The number of benzene rings is 2. The number of nitrogens with two attached hydrogens (primary N) is 1. The summed E-state index contributed by atoms with van der Waals surface area (Å²) < 4.78 is 16.7. The molecular weight excluding hydrogens is 266 g/mol. The fourth-order valence-electron chi connectivity index (χ4n) is 2.49. The highest BCUT2D eigenvalue weighted by Gasteiger charge is 2.20. The third-order valence-corrected chi connectivity index (χ3v) is 3.63. The molecule has 1 heterocycles. The lowest BCUT2D eigenvalue weighted by Crippen LogP contribution is -2.10. The van der Waals surface area contributed by atoms with Gasteiger partial charge in [-0.2, -0.15) is 0 Å². The Morgan fingerprint density at radius 2 is 2.10 bits per heavy atom. The maximum absolute atomic E-state index is 5.93. The van der Waals surface area contributed by atoms with Crippen molar-refractivity contribution in [1.82, 2.24) is 0 Å². The first-order valence-electron chi connectivity index (χ1n) is 6.96. The Morgan fingerprint density at radius 3 is 2.90 bits per heavy atom. The summed E-state index contributed by atoms with van der Waals surface area (Å²) in [5.74, 6) is 2.42. The van der Waals surface area contributed by atoms with Gasteiger partial charge in [0.15, 0.2) is 0 Å². The summed E-state index contributed by atoms with van der Waals surface area (Å²) in [7, 11) is 1.67. The Labute approximate surface area is 124 Å². The topological polar surface area (TPSA) is 53.7 Å². The van der Waals surface area contributed by atoms with Gasteiger partial charge < -0.3 is 19.9 Å². The van der Waals surface area contributed by atoms with Crippen molar-refractivity contribution in [2.24, 2.45) is 5.73 Å². The van der Waals surface area contributed by atoms with E-state index in [2.05, 4.69) is 6.07 Å². The molecule has 0 aromatic heterocycles. The van der Waals surface area contributed by atoms with Gasteiger partial charge in [0.1, 0.15) is 30.5 Å². The van der Waals surface area contributed by atoms with Crippen molar-refractivity contribution >= 4 is 0 Å². The molecule has 2 aromatic carbocycles. The van der Waals surface area contributed by atoms with Crippen LogP contribution in [0.5, 0.6) is 17.2 Å². The van der Waals surface area contributed by atoms with Gasteiger partial charge in [0, 0.05) is 17.2 Å². The number of hydrogen-bond acceptors (Lipinski definition) is 4. The summed E-state index contributed by atoms with van der Waals surface area (Å²) >= 11 is 0. The summed E-state index contributed by atoms with van der Waals surface area (Å²) in [6.45, 7) is 3.04. The largest absolute Gasteiger partial charge is 0.496 e. The van der Waals surface area contributed by atoms with Crippen molar-refractivity contribution in [1.29, 1.82) is 0 Å². The van der Waals surface area contributed by atoms with Crippen molar-refractivity contribution in [2.45, 2.75) is 19.6 Å². The molecule has 0 fully saturated rings. The molecule has 0 radical (unpaired) electrons. The SMILES string of the molecule is COc1ccc(C)cc1COc1ccc2c(c1)OCC2N. The van der Waals surface area contributed by atoms with Crippen LogP contribution in [0.3, 0.4) is 0 Å². The number of hydrogen-bond donors (Lipinski definition) is 1. The monoisotopic (exact) mass is 285 g/mol. The molecule has 0 amide bonds. The fraction of sp³-hybridized carbons (Fsp3) is 0.294. The lowest BCUT2D eigenvalue weighted by molar-refractivity contribution is 0.293. The molecule has 1 unspecified atom stereocenters. The molecule has 0 saturated carbocycles. The van der Waals surface area contributed by atoms with Gasteiger partial charge in [-0.05, 0) is 31.2 Å². The van der Waals surface area contributed by atoms with E-state index in [-0.39, 0.29) is 6.04 Å². The standard InChI is InChI=1S/C17H19NO3/c1-11-3-6-16(19-2)12(7-11)9-20-13-4-5-14-15(18)10-21-17(14)8-13/h3-8,15H,9-10,18H2,1-2H3. The highest BCUT2D eigenvalue weighted by atomic mass is 16.5. The molecule has 0 spiro atoms. The molecule has 110 valence electrons.